The molecule has 2 heterocycles. The number of benzene rings is 3. The second-order valence-electron chi connectivity index (χ2n) is 8.97. The van der Waals surface area contributed by atoms with E-state index in [1.165, 1.54) is 18.2 Å². The van der Waals surface area contributed by atoms with Crippen molar-refractivity contribution in [3.8, 4) is 5.75 Å². The van der Waals surface area contributed by atoms with Gasteiger partial charge in [0.1, 0.15) is 5.75 Å². The van der Waals surface area contributed by atoms with E-state index >= 15 is 0 Å². The van der Waals surface area contributed by atoms with Crippen LogP contribution in [0, 0.1) is 0 Å². The molecule has 1 fully saturated rings. The van der Waals surface area contributed by atoms with Crippen LogP contribution in [0.5, 0.6) is 5.75 Å². The molecule has 0 spiro atoms. The first-order valence-corrected chi connectivity index (χ1v) is 11.9. The van der Waals surface area contributed by atoms with Crippen LogP contribution in [0.3, 0.4) is 0 Å². The van der Waals surface area contributed by atoms with E-state index in [0.29, 0.717) is 31.7 Å². The molecule has 2 aliphatic rings. The van der Waals surface area contributed by atoms with Gasteiger partial charge in [-0.25, -0.2) is 0 Å². The van der Waals surface area contributed by atoms with E-state index in [1.54, 1.807) is 11.0 Å². The van der Waals surface area contributed by atoms with E-state index in [9.17, 15) is 22.8 Å². The highest BCUT2D eigenvalue weighted by atomic mass is 19.4. The summed E-state index contributed by atoms with van der Waals surface area (Å²) in [6, 6.07) is 19.8. The fraction of sp³-hybridized carbons (Fsp3) is 0.259. The summed E-state index contributed by atoms with van der Waals surface area (Å²) in [6.45, 7) is 1.33. The molecule has 3 aromatic rings. The van der Waals surface area contributed by atoms with Crippen LogP contribution in [0.25, 0.3) is 0 Å². The monoisotopic (exact) mass is 510 g/mol. The molecule has 0 bridgehead atoms. The van der Waals surface area contributed by atoms with Crippen LogP contribution in [0.1, 0.15) is 38.6 Å². The predicted octanol–water partition coefficient (Wildman–Crippen LogP) is 4.81. The highest BCUT2D eigenvalue weighted by Crippen LogP contribution is 2.32. The number of fused-ring (bicyclic) bond motifs is 1. The van der Waals surface area contributed by atoms with Gasteiger partial charge >= 0.3 is 6.36 Å². The summed E-state index contributed by atoms with van der Waals surface area (Å²) in [7, 11) is 0. The van der Waals surface area contributed by atoms with Crippen molar-refractivity contribution < 1.29 is 27.5 Å². The number of nitrogens with one attached hydrogen (secondary N) is 3. The number of hydrogen-bond donors (Lipinski definition) is 3. The first kappa shape index (κ1) is 24.5. The van der Waals surface area contributed by atoms with Crippen molar-refractivity contribution in [1.29, 1.82) is 0 Å². The maximum Gasteiger partial charge on any atom is 0.573 e. The Bertz CT molecular complexity index is 1300. The second-order valence-corrected chi connectivity index (χ2v) is 8.97. The molecule has 3 aromatic carbocycles. The Balaban J connectivity index is 1.36. The summed E-state index contributed by atoms with van der Waals surface area (Å²) < 4.78 is 42.6. The number of amides is 2. The third-order valence-electron chi connectivity index (χ3n) is 6.63. The zero-order chi connectivity index (χ0) is 26.0. The molecule has 0 aliphatic carbocycles. The average molecular weight is 511 g/mol. The van der Waals surface area contributed by atoms with Gasteiger partial charge in [-0.15, -0.1) is 13.2 Å². The lowest BCUT2D eigenvalue weighted by molar-refractivity contribution is -0.274. The molecule has 10 heteroatoms. The number of carbonyl (C=O) groups excluding carboxylic acids is 2. The molecule has 37 heavy (non-hydrogen) atoms. The Morgan fingerprint density at radius 1 is 0.946 bits per heavy atom. The Morgan fingerprint density at radius 2 is 1.68 bits per heavy atom. The number of carbonyl (C=O) groups is 2. The van der Waals surface area contributed by atoms with E-state index in [-0.39, 0.29) is 17.4 Å². The Hall–Kier alpha value is -4.21. The Kier molecular flexibility index (Phi) is 6.64. The molecule has 0 radical (unpaired) electrons. The lowest BCUT2D eigenvalue weighted by Gasteiger charge is -2.39. The number of anilines is 2. The zero-order valence-electron chi connectivity index (χ0n) is 19.7. The van der Waals surface area contributed by atoms with Crippen molar-refractivity contribution in [2.75, 3.05) is 30.4 Å². The first-order chi connectivity index (χ1) is 17.8. The molecule has 5 rings (SSSR count). The minimum absolute atomic E-state index is 0.119. The van der Waals surface area contributed by atoms with E-state index in [0.717, 1.165) is 23.0 Å². The SMILES string of the molecule is O=C(N[C@@H]1CCN(C(=O)c2ccc3c(c2)NCN3)C[C@@H]1c1ccccc1)c1ccccc1OC(F)(F)F. The van der Waals surface area contributed by atoms with Gasteiger partial charge in [0, 0.05) is 30.6 Å². The number of piperidine rings is 1. The lowest BCUT2D eigenvalue weighted by Crippen LogP contribution is -2.51. The largest absolute Gasteiger partial charge is 0.573 e. The normalized spacial score (nSPS) is 18.8. The topological polar surface area (TPSA) is 82.7 Å². The number of ether oxygens (including phenoxy) is 1. The van der Waals surface area contributed by atoms with Crippen LogP contribution in [0.2, 0.25) is 0 Å². The minimum Gasteiger partial charge on any atom is -0.405 e. The van der Waals surface area contributed by atoms with Gasteiger partial charge in [0.05, 0.1) is 23.6 Å². The van der Waals surface area contributed by atoms with Gasteiger partial charge in [-0.3, -0.25) is 9.59 Å². The molecule has 0 unspecified atom stereocenters. The third-order valence-corrected chi connectivity index (χ3v) is 6.63. The van der Waals surface area contributed by atoms with Gasteiger partial charge in [0.25, 0.3) is 11.8 Å². The maximum atomic E-state index is 13.4. The number of alkyl halides is 3. The van der Waals surface area contributed by atoms with Crippen molar-refractivity contribution in [2.24, 2.45) is 0 Å². The molecule has 3 N–H and O–H groups in total. The molecular formula is C27H25F3N4O3. The van der Waals surface area contributed by atoms with Crippen molar-refractivity contribution in [3.63, 3.8) is 0 Å². The quantitative estimate of drug-likeness (QED) is 0.459. The highest BCUT2D eigenvalue weighted by molar-refractivity contribution is 5.98. The number of halogens is 3. The van der Waals surface area contributed by atoms with Crippen molar-refractivity contribution in [1.82, 2.24) is 10.2 Å². The van der Waals surface area contributed by atoms with Crippen LogP contribution in [-0.4, -0.2) is 48.9 Å². The minimum atomic E-state index is -4.92. The zero-order valence-corrected chi connectivity index (χ0v) is 19.7. The summed E-state index contributed by atoms with van der Waals surface area (Å²) in [5.74, 6) is -1.60. The fourth-order valence-electron chi connectivity index (χ4n) is 4.86. The molecular weight excluding hydrogens is 485 g/mol. The van der Waals surface area contributed by atoms with Gasteiger partial charge in [-0.2, -0.15) is 0 Å². The van der Waals surface area contributed by atoms with E-state index in [1.807, 2.05) is 42.5 Å². The van der Waals surface area contributed by atoms with Gasteiger partial charge in [0.15, 0.2) is 0 Å². The first-order valence-electron chi connectivity index (χ1n) is 11.9. The summed E-state index contributed by atoms with van der Waals surface area (Å²) in [6.07, 6.45) is -4.48. The summed E-state index contributed by atoms with van der Waals surface area (Å²) in [5, 5.41) is 9.27. The number of para-hydroxylation sites is 1. The van der Waals surface area contributed by atoms with Crippen LogP contribution >= 0.6 is 0 Å². The average Bonchev–Trinajstić information content (AvgIpc) is 3.36. The molecule has 2 atom stereocenters. The van der Waals surface area contributed by atoms with E-state index < -0.39 is 24.1 Å². The summed E-state index contributed by atoms with van der Waals surface area (Å²) in [5.41, 5.74) is 3.08. The van der Waals surface area contributed by atoms with Gasteiger partial charge in [-0.05, 0) is 42.3 Å². The smallest absolute Gasteiger partial charge is 0.405 e. The lowest BCUT2D eigenvalue weighted by atomic mass is 9.85. The fourth-order valence-corrected chi connectivity index (χ4v) is 4.86. The Morgan fingerprint density at radius 3 is 2.46 bits per heavy atom. The molecule has 2 aliphatic heterocycles. The number of hydrogen-bond acceptors (Lipinski definition) is 5. The van der Waals surface area contributed by atoms with E-state index in [2.05, 4.69) is 20.7 Å². The van der Waals surface area contributed by atoms with Crippen molar-refractivity contribution >= 4 is 23.2 Å². The van der Waals surface area contributed by atoms with E-state index in [4.69, 9.17) is 0 Å². The molecule has 7 nitrogen and oxygen atoms in total. The molecule has 1 saturated heterocycles. The van der Waals surface area contributed by atoms with Crippen LogP contribution in [0.4, 0.5) is 24.5 Å². The van der Waals surface area contributed by atoms with Crippen molar-refractivity contribution in [3.05, 3.63) is 89.5 Å². The van der Waals surface area contributed by atoms with Crippen molar-refractivity contribution in [2.45, 2.75) is 24.7 Å². The summed E-state index contributed by atoms with van der Waals surface area (Å²) >= 11 is 0. The van der Waals surface area contributed by atoms with Crippen LogP contribution in [-0.2, 0) is 0 Å². The third kappa shape index (κ3) is 5.47. The van der Waals surface area contributed by atoms with Gasteiger partial charge in [0.2, 0.25) is 0 Å². The maximum absolute atomic E-state index is 13.4. The van der Waals surface area contributed by atoms with Gasteiger partial charge in [-0.1, -0.05) is 42.5 Å². The molecule has 2 amide bonds. The standard InChI is InChI=1S/C27H25F3N4O3/c28-27(29,30)37-24-9-5-4-8-19(24)25(35)33-21-12-13-34(15-20(21)17-6-2-1-3-7-17)26(36)18-10-11-22-23(14-18)32-16-31-22/h1-11,14,20-21,31-32H,12-13,15-16H2,(H,33,35)/t20-,21-/m1/s1. The molecule has 192 valence electrons. The summed E-state index contributed by atoms with van der Waals surface area (Å²) in [4.78, 5) is 28.2. The molecule has 0 saturated carbocycles. The molecule has 0 aromatic heterocycles. The van der Waals surface area contributed by atoms with Gasteiger partial charge < -0.3 is 25.6 Å². The predicted molar refractivity (Wildman–Crippen MR) is 133 cm³/mol. The Labute approximate surface area is 211 Å². The second kappa shape index (κ2) is 10.0. The highest BCUT2D eigenvalue weighted by Gasteiger charge is 2.36. The number of rotatable bonds is 5. The van der Waals surface area contributed by atoms with Crippen LogP contribution < -0.4 is 20.7 Å². The number of likely N-dealkylation sites (tertiary alicyclic amines) is 1. The van der Waals surface area contributed by atoms with Crippen LogP contribution in [0.15, 0.2) is 72.8 Å². The number of nitrogens with zero attached hydrogens (tertiary/aromatic N) is 1.